The van der Waals surface area contributed by atoms with Gasteiger partial charge in [0.15, 0.2) is 0 Å². The largest absolute Gasteiger partial charge is 0.440 e. The van der Waals surface area contributed by atoms with Gasteiger partial charge in [-0.2, -0.15) is 0 Å². The number of hydrogen-bond donors (Lipinski definition) is 0. The highest BCUT2D eigenvalue weighted by Gasteiger charge is 2.19. The van der Waals surface area contributed by atoms with Crippen LogP contribution in [0.5, 0.6) is 0 Å². The second-order valence-electron chi connectivity index (χ2n) is 0.429. The summed E-state index contributed by atoms with van der Waals surface area (Å²) >= 11 is 19.9. The minimum absolute atomic E-state index is 0. The van der Waals surface area contributed by atoms with E-state index in [2.05, 4.69) is 0 Å². The molecule has 0 spiro atoms. The topological polar surface area (TPSA) is 0 Å². The molecule has 0 N–H and O–H groups in total. The van der Waals surface area contributed by atoms with E-state index in [0.29, 0.717) is 0 Å². The first-order valence-corrected chi connectivity index (χ1v) is 6.80. The summed E-state index contributed by atoms with van der Waals surface area (Å²) in [5.41, 5.74) is 0. The van der Waals surface area contributed by atoms with Gasteiger partial charge in [-0.3, -0.25) is 0 Å². The molecule has 0 amide bonds. The van der Waals surface area contributed by atoms with Gasteiger partial charge in [0.05, 0.1) is 0 Å². The maximum absolute atomic E-state index is 4.97. The molecule has 0 saturated carbocycles. The van der Waals surface area contributed by atoms with Gasteiger partial charge in [-0.25, -0.2) is 0 Å². The van der Waals surface area contributed by atoms with Crippen molar-refractivity contribution in [3.05, 3.63) is 0 Å². The Kier molecular flexibility index (Phi) is 7.46. The Bertz CT molecular complexity index is 23.0. The van der Waals surface area contributed by atoms with E-state index >= 15 is 0 Å². The number of hydrogen-bond acceptors (Lipinski definition) is 0. The molecule has 0 bridgehead atoms. The van der Waals surface area contributed by atoms with Crippen LogP contribution < -0.4 is 0 Å². The fourth-order valence-electron chi connectivity index (χ4n) is 0. The van der Waals surface area contributed by atoms with Gasteiger partial charge < -0.3 is 0 Å². The Hall–Kier alpha value is 2.14. The average Bonchev–Trinajstić information content (AvgIpc) is 0.722. The van der Waals surface area contributed by atoms with Crippen LogP contribution in [0, 0.1) is 0 Å². The van der Waals surface area contributed by atoms with E-state index in [1.165, 1.54) is 0 Å². The first-order chi connectivity index (χ1) is 2.00. The van der Waals surface area contributed by atoms with E-state index in [1.807, 2.05) is 0 Å². The third-order valence-electron chi connectivity index (χ3n) is 0. The second-order valence-corrected chi connectivity index (χ2v) is 11.6. The summed E-state index contributed by atoms with van der Waals surface area (Å²) < 4.78 is 0. The van der Waals surface area contributed by atoms with Gasteiger partial charge in [0.25, 0.3) is 0 Å². The first-order valence-electron chi connectivity index (χ1n) is 0.756. The molecule has 0 saturated heterocycles. The number of rotatable bonds is 0. The smallest absolute Gasteiger partial charge is 0.110 e. The zero-order chi connectivity index (χ0) is 4.50. The van der Waals surface area contributed by atoms with Crippen LogP contribution in [0.2, 0.25) is 0 Å². The van der Waals surface area contributed by atoms with E-state index < -0.39 is 5.31 Å². The van der Waals surface area contributed by atoms with Crippen LogP contribution in [-0.2, 0) is 0 Å². The normalized spacial score (nSPS) is 10.0. The van der Waals surface area contributed by atoms with Gasteiger partial charge >= 0.3 is 5.31 Å². The van der Waals surface area contributed by atoms with Crippen molar-refractivity contribution in [1.29, 1.82) is 0 Å². The standard InChI is InChI=1S/Cl4Si.Mg/c1-5(2,3)4;. The molecule has 0 atom stereocenters. The van der Waals surface area contributed by atoms with Crippen molar-refractivity contribution in [3.8, 4) is 0 Å². The van der Waals surface area contributed by atoms with Crippen molar-refractivity contribution in [2.45, 2.75) is 0 Å². The lowest BCUT2D eigenvalue weighted by Crippen LogP contribution is -1.91. The summed E-state index contributed by atoms with van der Waals surface area (Å²) in [7, 11) is 0. The Balaban J connectivity index is 0. The lowest BCUT2D eigenvalue weighted by Gasteiger charge is -1.85. The van der Waals surface area contributed by atoms with Crippen molar-refractivity contribution >= 4 is 72.7 Å². The highest BCUT2D eigenvalue weighted by atomic mass is 36.0. The summed E-state index contributed by atoms with van der Waals surface area (Å²) in [5.74, 6) is 0. The SMILES string of the molecule is Cl[Si](Cl)(Cl)Cl.[Mg]. The Labute approximate surface area is 72.1 Å². The van der Waals surface area contributed by atoms with Crippen LogP contribution in [0.15, 0.2) is 0 Å². The van der Waals surface area contributed by atoms with Crippen LogP contribution in [-0.4, -0.2) is 28.4 Å². The van der Waals surface area contributed by atoms with Crippen LogP contribution >= 0.6 is 44.3 Å². The van der Waals surface area contributed by atoms with E-state index in [-0.39, 0.29) is 23.1 Å². The second kappa shape index (κ2) is 4.07. The molecule has 0 aromatic carbocycles. The van der Waals surface area contributed by atoms with Crippen molar-refractivity contribution in [2.24, 2.45) is 0 Å². The molecule has 2 radical (unpaired) electrons. The summed E-state index contributed by atoms with van der Waals surface area (Å²) in [5, 5.41) is -2.72. The van der Waals surface area contributed by atoms with E-state index in [1.54, 1.807) is 0 Å². The molecule has 0 aliphatic heterocycles. The maximum atomic E-state index is 4.97. The molecule has 0 aliphatic carbocycles. The van der Waals surface area contributed by atoms with E-state index in [4.69, 9.17) is 44.3 Å². The quantitative estimate of drug-likeness (QED) is 0.408. The van der Waals surface area contributed by atoms with Gasteiger partial charge in [-0.05, 0) is 0 Å². The monoisotopic (exact) mass is 192 g/mol. The lowest BCUT2D eigenvalue weighted by molar-refractivity contribution is 3.80. The third-order valence-corrected chi connectivity index (χ3v) is 0. The molecule has 0 aliphatic rings. The lowest BCUT2D eigenvalue weighted by atomic mass is 24.3. The molecule has 0 aromatic heterocycles. The Morgan fingerprint density at radius 1 is 0.833 bits per heavy atom. The Morgan fingerprint density at radius 2 is 0.833 bits per heavy atom. The van der Waals surface area contributed by atoms with Gasteiger partial charge in [0.1, 0.15) is 0 Å². The van der Waals surface area contributed by atoms with E-state index in [0.717, 1.165) is 0 Å². The molecule has 0 fully saturated rings. The van der Waals surface area contributed by atoms with E-state index in [9.17, 15) is 0 Å². The molecule has 0 nitrogen and oxygen atoms in total. The fraction of sp³-hybridized carbons (Fsp3) is 0. The molecular formula is Cl4MgSi. The highest BCUT2D eigenvalue weighted by Crippen LogP contribution is 2.23. The van der Waals surface area contributed by atoms with Gasteiger partial charge in [0, 0.05) is 23.1 Å². The van der Waals surface area contributed by atoms with Crippen molar-refractivity contribution in [1.82, 2.24) is 0 Å². The third kappa shape index (κ3) is 35.4. The first kappa shape index (κ1) is 11.0. The molecular weight excluding hydrogens is 194 g/mol. The molecule has 6 heteroatoms. The van der Waals surface area contributed by atoms with Crippen molar-refractivity contribution in [2.75, 3.05) is 0 Å². The predicted molar refractivity (Wildman–Crippen MR) is 34.9 cm³/mol. The van der Waals surface area contributed by atoms with Gasteiger partial charge in [0.2, 0.25) is 0 Å². The molecule has 0 unspecified atom stereocenters. The highest BCUT2D eigenvalue weighted by molar-refractivity contribution is 7.81. The summed E-state index contributed by atoms with van der Waals surface area (Å²) in [6, 6.07) is 0. The molecule has 34 valence electrons. The summed E-state index contributed by atoms with van der Waals surface area (Å²) in [4.78, 5) is 0. The predicted octanol–water partition coefficient (Wildman–Crippen LogP) is 2.00. The Morgan fingerprint density at radius 3 is 0.833 bits per heavy atom. The maximum Gasteiger partial charge on any atom is 0.440 e. The van der Waals surface area contributed by atoms with Gasteiger partial charge in [-0.15, -0.1) is 44.3 Å². The zero-order valence-corrected chi connectivity index (χ0v) is 8.16. The van der Waals surface area contributed by atoms with Crippen LogP contribution in [0.3, 0.4) is 0 Å². The fourth-order valence-corrected chi connectivity index (χ4v) is 0. The van der Waals surface area contributed by atoms with Crippen LogP contribution in [0.25, 0.3) is 0 Å². The molecule has 0 heterocycles. The van der Waals surface area contributed by atoms with Crippen molar-refractivity contribution in [3.63, 3.8) is 0 Å². The molecule has 0 rings (SSSR count). The molecule has 6 heavy (non-hydrogen) atoms. The van der Waals surface area contributed by atoms with Crippen LogP contribution in [0.1, 0.15) is 0 Å². The number of halogens is 4. The summed E-state index contributed by atoms with van der Waals surface area (Å²) in [6.45, 7) is 0. The zero-order valence-electron chi connectivity index (χ0n) is 2.72. The minimum Gasteiger partial charge on any atom is -0.110 e. The minimum atomic E-state index is -2.72. The molecule has 0 aromatic rings. The van der Waals surface area contributed by atoms with Crippen LogP contribution in [0.4, 0.5) is 0 Å². The average molecular weight is 194 g/mol. The van der Waals surface area contributed by atoms with Crippen molar-refractivity contribution < 1.29 is 0 Å². The van der Waals surface area contributed by atoms with Gasteiger partial charge in [-0.1, -0.05) is 0 Å². The summed E-state index contributed by atoms with van der Waals surface area (Å²) in [6.07, 6.45) is 0.